The quantitative estimate of drug-likeness (QED) is 0.869. The Labute approximate surface area is 112 Å². The van der Waals surface area contributed by atoms with Gasteiger partial charge in [0.1, 0.15) is 5.75 Å². The van der Waals surface area contributed by atoms with E-state index >= 15 is 0 Å². The molecule has 0 unspecified atom stereocenters. The van der Waals surface area contributed by atoms with Crippen molar-refractivity contribution in [2.24, 2.45) is 5.41 Å². The summed E-state index contributed by atoms with van der Waals surface area (Å²) in [6.45, 7) is 4.35. The number of benzene rings is 1. The van der Waals surface area contributed by atoms with Crippen molar-refractivity contribution in [2.75, 3.05) is 20.2 Å². The largest absolute Gasteiger partial charge is 0.497 e. The number of nitrogens with one attached hydrogen (secondary N) is 1. The fourth-order valence-corrected chi connectivity index (χ4v) is 2.59. The van der Waals surface area contributed by atoms with Crippen LogP contribution in [0, 0.1) is 5.41 Å². The Hall–Kier alpha value is -0.540. The first kappa shape index (κ1) is 12.9. The van der Waals surface area contributed by atoms with Gasteiger partial charge in [-0.25, -0.2) is 0 Å². The van der Waals surface area contributed by atoms with Crippen molar-refractivity contribution in [2.45, 2.75) is 26.2 Å². The lowest BCUT2D eigenvalue weighted by Gasteiger charge is -2.17. The molecule has 0 aromatic heterocycles. The Balaban J connectivity index is 2.07. The van der Waals surface area contributed by atoms with E-state index in [4.69, 9.17) is 4.74 Å². The average molecular weight is 298 g/mol. The molecular formula is C14H20BrNO. The summed E-state index contributed by atoms with van der Waals surface area (Å²) in [6.07, 6.45) is 3.81. The van der Waals surface area contributed by atoms with E-state index in [1.165, 1.54) is 22.9 Å². The molecule has 1 N–H and O–H groups in total. The number of ether oxygens (including phenoxy) is 1. The molecule has 0 radical (unpaired) electrons. The Morgan fingerprint density at radius 3 is 2.76 bits per heavy atom. The number of hydrogen-bond acceptors (Lipinski definition) is 2. The highest BCUT2D eigenvalue weighted by molar-refractivity contribution is 9.10. The second-order valence-corrected chi connectivity index (χ2v) is 5.77. The van der Waals surface area contributed by atoms with Crippen LogP contribution in [0.25, 0.3) is 0 Å². The fourth-order valence-electron chi connectivity index (χ4n) is 2.20. The predicted molar refractivity (Wildman–Crippen MR) is 74.6 cm³/mol. The lowest BCUT2D eigenvalue weighted by Crippen LogP contribution is -2.25. The van der Waals surface area contributed by atoms with E-state index in [0.717, 1.165) is 25.3 Å². The van der Waals surface area contributed by atoms with E-state index in [1.807, 2.05) is 6.07 Å². The Morgan fingerprint density at radius 2 is 2.18 bits per heavy atom. The highest BCUT2D eigenvalue weighted by Crippen LogP contribution is 2.48. The SMILES string of the molecule is CCNCC1(Cc2cc(OC)ccc2Br)CC1. The monoisotopic (exact) mass is 297 g/mol. The highest BCUT2D eigenvalue weighted by atomic mass is 79.9. The van der Waals surface area contributed by atoms with Crippen LogP contribution in [0.4, 0.5) is 0 Å². The van der Waals surface area contributed by atoms with Crippen LogP contribution in [-0.4, -0.2) is 20.2 Å². The first-order valence-electron chi connectivity index (χ1n) is 6.22. The van der Waals surface area contributed by atoms with Gasteiger partial charge in [-0.1, -0.05) is 22.9 Å². The Bertz CT molecular complexity index is 388. The molecule has 0 spiro atoms. The van der Waals surface area contributed by atoms with Crippen LogP contribution in [0.2, 0.25) is 0 Å². The minimum absolute atomic E-state index is 0.491. The van der Waals surface area contributed by atoms with Crippen molar-refractivity contribution in [3.8, 4) is 5.75 Å². The third-order valence-corrected chi connectivity index (χ3v) is 4.30. The van der Waals surface area contributed by atoms with Crippen molar-refractivity contribution in [3.63, 3.8) is 0 Å². The molecule has 1 aromatic rings. The highest BCUT2D eigenvalue weighted by Gasteiger charge is 2.42. The van der Waals surface area contributed by atoms with Gasteiger partial charge in [0.25, 0.3) is 0 Å². The van der Waals surface area contributed by atoms with Crippen molar-refractivity contribution in [3.05, 3.63) is 28.2 Å². The average Bonchev–Trinajstić information content (AvgIpc) is 3.10. The van der Waals surface area contributed by atoms with Gasteiger partial charge in [-0.3, -0.25) is 0 Å². The first-order chi connectivity index (χ1) is 8.19. The lowest BCUT2D eigenvalue weighted by molar-refractivity contribution is 0.412. The van der Waals surface area contributed by atoms with Crippen molar-refractivity contribution >= 4 is 15.9 Å². The number of halogens is 1. The van der Waals surface area contributed by atoms with Gasteiger partial charge < -0.3 is 10.1 Å². The normalized spacial score (nSPS) is 16.9. The van der Waals surface area contributed by atoms with E-state index < -0.39 is 0 Å². The molecule has 2 nitrogen and oxygen atoms in total. The third kappa shape index (κ3) is 3.23. The Morgan fingerprint density at radius 1 is 1.41 bits per heavy atom. The third-order valence-electron chi connectivity index (χ3n) is 3.53. The summed E-state index contributed by atoms with van der Waals surface area (Å²) >= 11 is 3.63. The molecule has 1 fully saturated rings. The van der Waals surface area contributed by atoms with E-state index in [1.54, 1.807) is 7.11 Å². The minimum atomic E-state index is 0.491. The molecule has 0 amide bonds. The van der Waals surface area contributed by atoms with Crippen LogP contribution in [0.1, 0.15) is 25.3 Å². The summed E-state index contributed by atoms with van der Waals surface area (Å²) in [5, 5.41) is 3.47. The van der Waals surface area contributed by atoms with E-state index in [2.05, 4.69) is 40.3 Å². The molecule has 1 aromatic carbocycles. The maximum atomic E-state index is 5.29. The molecule has 1 aliphatic rings. The van der Waals surface area contributed by atoms with Crippen LogP contribution in [0.3, 0.4) is 0 Å². The smallest absolute Gasteiger partial charge is 0.119 e. The topological polar surface area (TPSA) is 21.3 Å². The second kappa shape index (κ2) is 5.40. The Kier molecular flexibility index (Phi) is 4.10. The second-order valence-electron chi connectivity index (χ2n) is 4.91. The van der Waals surface area contributed by atoms with Crippen LogP contribution in [-0.2, 0) is 6.42 Å². The molecule has 0 saturated heterocycles. The molecule has 1 aliphatic carbocycles. The molecule has 94 valence electrons. The number of rotatable bonds is 6. The van der Waals surface area contributed by atoms with Gasteiger partial charge in [-0.05, 0) is 55.0 Å². The van der Waals surface area contributed by atoms with Crippen molar-refractivity contribution < 1.29 is 4.74 Å². The van der Waals surface area contributed by atoms with Gasteiger partial charge >= 0.3 is 0 Å². The standard InChI is InChI=1S/C14H20BrNO/c1-3-16-10-14(6-7-14)9-11-8-12(17-2)4-5-13(11)15/h4-5,8,16H,3,6-7,9-10H2,1-2H3. The molecule has 0 bridgehead atoms. The molecule has 3 heteroatoms. The number of methoxy groups -OCH3 is 1. The van der Waals surface area contributed by atoms with Gasteiger partial charge in [-0.15, -0.1) is 0 Å². The zero-order valence-corrected chi connectivity index (χ0v) is 12.1. The summed E-state index contributed by atoms with van der Waals surface area (Å²) in [6, 6.07) is 6.23. The van der Waals surface area contributed by atoms with Crippen molar-refractivity contribution in [1.29, 1.82) is 0 Å². The van der Waals surface area contributed by atoms with Gasteiger partial charge in [-0.2, -0.15) is 0 Å². The zero-order chi connectivity index (χ0) is 12.3. The number of hydrogen-bond donors (Lipinski definition) is 1. The van der Waals surface area contributed by atoms with Crippen molar-refractivity contribution in [1.82, 2.24) is 5.32 Å². The minimum Gasteiger partial charge on any atom is -0.497 e. The predicted octanol–water partition coefficient (Wildman–Crippen LogP) is 3.39. The molecule has 1 saturated carbocycles. The summed E-state index contributed by atoms with van der Waals surface area (Å²) in [7, 11) is 1.72. The van der Waals surface area contributed by atoms with E-state index in [0.29, 0.717) is 5.41 Å². The zero-order valence-electron chi connectivity index (χ0n) is 10.6. The van der Waals surface area contributed by atoms with E-state index in [-0.39, 0.29) is 0 Å². The summed E-state index contributed by atoms with van der Waals surface area (Å²) in [5.74, 6) is 0.947. The molecular weight excluding hydrogens is 278 g/mol. The van der Waals surface area contributed by atoms with Gasteiger partial charge in [0, 0.05) is 11.0 Å². The van der Waals surface area contributed by atoms with Gasteiger partial charge in [0.05, 0.1) is 7.11 Å². The summed E-state index contributed by atoms with van der Waals surface area (Å²) in [5.41, 5.74) is 1.85. The lowest BCUT2D eigenvalue weighted by atomic mass is 9.96. The summed E-state index contributed by atoms with van der Waals surface area (Å²) in [4.78, 5) is 0. The molecule has 2 rings (SSSR count). The molecule has 0 aliphatic heterocycles. The van der Waals surface area contributed by atoms with Gasteiger partial charge in [0.15, 0.2) is 0 Å². The molecule has 0 atom stereocenters. The van der Waals surface area contributed by atoms with Gasteiger partial charge in [0.2, 0.25) is 0 Å². The van der Waals surface area contributed by atoms with Crippen LogP contribution in [0.15, 0.2) is 22.7 Å². The molecule has 0 heterocycles. The maximum Gasteiger partial charge on any atom is 0.119 e. The van der Waals surface area contributed by atoms with Crippen LogP contribution in [0.5, 0.6) is 5.75 Å². The van der Waals surface area contributed by atoms with Crippen LogP contribution < -0.4 is 10.1 Å². The summed E-state index contributed by atoms with van der Waals surface area (Å²) < 4.78 is 6.48. The van der Waals surface area contributed by atoms with E-state index in [9.17, 15) is 0 Å². The first-order valence-corrected chi connectivity index (χ1v) is 7.01. The van der Waals surface area contributed by atoms with Crippen LogP contribution >= 0.6 is 15.9 Å². The fraction of sp³-hybridized carbons (Fsp3) is 0.571. The molecule has 17 heavy (non-hydrogen) atoms. The maximum absolute atomic E-state index is 5.29.